The van der Waals surface area contributed by atoms with E-state index in [0.717, 1.165) is 12.8 Å². The van der Waals surface area contributed by atoms with Gasteiger partial charge >= 0.3 is 0 Å². The maximum absolute atomic E-state index is 12.0. The minimum atomic E-state index is -3.46. The molecule has 0 aliphatic carbocycles. The average molecular weight is 301 g/mol. The Morgan fingerprint density at radius 2 is 1.85 bits per heavy atom. The molecule has 0 bridgehead atoms. The Balaban J connectivity index is 2.37. The third-order valence-corrected chi connectivity index (χ3v) is 4.21. The molecule has 0 radical (unpaired) electrons. The van der Waals surface area contributed by atoms with Gasteiger partial charge in [0.05, 0.1) is 17.6 Å². The number of nitrogens with one attached hydrogen (secondary N) is 1. The van der Waals surface area contributed by atoms with Crippen molar-refractivity contribution >= 4 is 10.0 Å². The molecule has 6 heteroatoms. The zero-order chi connectivity index (χ0) is 15.0. The molecule has 0 amide bonds. The number of aliphatic hydroxyl groups is 1. The lowest BCUT2D eigenvalue weighted by Gasteiger charge is -2.09. The van der Waals surface area contributed by atoms with Gasteiger partial charge in [-0.3, -0.25) is 0 Å². The van der Waals surface area contributed by atoms with Gasteiger partial charge < -0.3 is 9.84 Å². The van der Waals surface area contributed by atoms with Crippen molar-refractivity contribution < 1.29 is 18.3 Å². The molecule has 1 rings (SSSR count). The van der Waals surface area contributed by atoms with E-state index in [1.165, 1.54) is 12.1 Å². The normalized spacial score (nSPS) is 12.0. The van der Waals surface area contributed by atoms with Crippen molar-refractivity contribution in [3.05, 3.63) is 29.8 Å². The lowest BCUT2D eigenvalue weighted by molar-refractivity contribution is 0.0762. The Morgan fingerprint density at radius 1 is 1.20 bits per heavy atom. The van der Waals surface area contributed by atoms with E-state index in [4.69, 9.17) is 9.84 Å². The summed E-state index contributed by atoms with van der Waals surface area (Å²) in [7, 11) is -3.46. The summed E-state index contributed by atoms with van der Waals surface area (Å²) in [6, 6.07) is 6.20. The van der Waals surface area contributed by atoms with Crippen LogP contribution in [0.5, 0.6) is 0 Å². The minimum absolute atomic E-state index is 0.0936. The van der Waals surface area contributed by atoms with E-state index >= 15 is 0 Å². The number of sulfonamides is 1. The number of hydrogen-bond acceptors (Lipinski definition) is 4. The fraction of sp³-hybridized carbons (Fsp3) is 0.571. The second-order valence-electron chi connectivity index (χ2n) is 4.83. The zero-order valence-corrected chi connectivity index (χ0v) is 12.8. The molecule has 0 aromatic heterocycles. The maximum atomic E-state index is 12.0. The molecule has 0 fully saturated rings. The second kappa shape index (κ2) is 8.36. The van der Waals surface area contributed by atoms with Crippen molar-refractivity contribution in [2.45, 2.75) is 44.3 Å². The predicted molar refractivity (Wildman–Crippen MR) is 77.9 cm³/mol. The van der Waals surface area contributed by atoms with Gasteiger partial charge in [-0.2, -0.15) is 0 Å². The second-order valence-corrected chi connectivity index (χ2v) is 6.59. The molecular weight excluding hydrogens is 278 g/mol. The molecule has 0 unspecified atom stereocenters. The van der Waals surface area contributed by atoms with E-state index in [2.05, 4.69) is 4.72 Å². The summed E-state index contributed by atoms with van der Waals surface area (Å²) in [5.41, 5.74) is 0.690. The molecule has 1 aromatic carbocycles. The van der Waals surface area contributed by atoms with Crippen LogP contribution in [0.3, 0.4) is 0 Å². The lowest BCUT2D eigenvalue weighted by Crippen LogP contribution is -2.25. The SMILES string of the molecule is CC(C)OCCCCNS(=O)(=O)c1ccc(CO)cc1. The largest absolute Gasteiger partial charge is 0.392 e. The fourth-order valence-corrected chi connectivity index (χ4v) is 2.68. The van der Waals surface area contributed by atoms with Gasteiger partial charge in [0.15, 0.2) is 0 Å². The number of ether oxygens (including phenoxy) is 1. The third kappa shape index (κ3) is 6.00. The molecule has 5 nitrogen and oxygen atoms in total. The first-order valence-corrected chi connectivity index (χ1v) is 8.25. The Kier molecular flexibility index (Phi) is 7.15. The van der Waals surface area contributed by atoms with Crippen molar-refractivity contribution in [3.8, 4) is 0 Å². The van der Waals surface area contributed by atoms with Gasteiger partial charge in [0, 0.05) is 13.2 Å². The Labute approximate surface area is 121 Å². The molecule has 0 spiro atoms. The molecule has 0 atom stereocenters. The Hall–Kier alpha value is -0.950. The highest BCUT2D eigenvalue weighted by molar-refractivity contribution is 7.89. The van der Waals surface area contributed by atoms with E-state index in [9.17, 15) is 8.42 Å². The summed E-state index contributed by atoms with van der Waals surface area (Å²) in [4.78, 5) is 0.216. The molecule has 114 valence electrons. The highest BCUT2D eigenvalue weighted by Gasteiger charge is 2.12. The number of rotatable bonds is 9. The van der Waals surface area contributed by atoms with Crippen LogP contribution in [0.1, 0.15) is 32.3 Å². The van der Waals surface area contributed by atoms with Crippen molar-refractivity contribution in [1.29, 1.82) is 0 Å². The molecule has 1 aromatic rings. The number of benzene rings is 1. The first kappa shape index (κ1) is 17.1. The van der Waals surface area contributed by atoms with E-state index in [0.29, 0.717) is 18.7 Å². The first-order chi connectivity index (χ1) is 9.45. The summed E-state index contributed by atoms with van der Waals surface area (Å²) in [5, 5.41) is 8.92. The highest BCUT2D eigenvalue weighted by Crippen LogP contribution is 2.10. The number of hydrogen-bond donors (Lipinski definition) is 2. The van der Waals surface area contributed by atoms with Crippen molar-refractivity contribution in [2.75, 3.05) is 13.2 Å². The molecule has 0 saturated carbocycles. The Morgan fingerprint density at radius 3 is 2.40 bits per heavy atom. The standard InChI is InChI=1S/C14H23NO4S/c1-12(2)19-10-4-3-9-15-20(17,18)14-7-5-13(11-16)6-8-14/h5-8,12,15-16H,3-4,9-11H2,1-2H3. The van der Waals surface area contributed by atoms with Crippen LogP contribution < -0.4 is 4.72 Å². The van der Waals surface area contributed by atoms with Crippen molar-refractivity contribution in [3.63, 3.8) is 0 Å². The molecule has 0 saturated heterocycles. The number of aliphatic hydroxyl groups excluding tert-OH is 1. The van der Waals surface area contributed by atoms with Crippen LogP contribution in [0.25, 0.3) is 0 Å². The summed E-state index contributed by atoms with van der Waals surface area (Å²) in [5.74, 6) is 0. The van der Waals surface area contributed by atoms with Gasteiger partial charge in [-0.25, -0.2) is 13.1 Å². The van der Waals surface area contributed by atoms with Gasteiger partial charge in [-0.05, 0) is 44.4 Å². The minimum Gasteiger partial charge on any atom is -0.392 e. The van der Waals surface area contributed by atoms with Crippen molar-refractivity contribution in [2.24, 2.45) is 0 Å². The first-order valence-electron chi connectivity index (χ1n) is 6.77. The van der Waals surface area contributed by atoms with Crippen LogP contribution in [0.4, 0.5) is 0 Å². The predicted octanol–water partition coefficient (Wildman–Crippen LogP) is 1.66. The quantitative estimate of drug-likeness (QED) is 0.680. The Bertz CT molecular complexity index is 482. The van der Waals surface area contributed by atoms with E-state index in [1.807, 2.05) is 13.8 Å². The van der Waals surface area contributed by atoms with Crippen LogP contribution in [0.15, 0.2) is 29.2 Å². The topological polar surface area (TPSA) is 75.6 Å². The smallest absolute Gasteiger partial charge is 0.240 e. The van der Waals surface area contributed by atoms with E-state index < -0.39 is 10.0 Å². The summed E-state index contributed by atoms with van der Waals surface area (Å²) in [6.07, 6.45) is 1.77. The molecule has 0 heterocycles. The molecule has 2 N–H and O–H groups in total. The fourth-order valence-electron chi connectivity index (χ4n) is 1.61. The van der Waals surface area contributed by atoms with E-state index in [-0.39, 0.29) is 17.6 Å². The van der Waals surface area contributed by atoms with Crippen LogP contribution in [-0.2, 0) is 21.4 Å². The molecule has 0 aliphatic rings. The van der Waals surface area contributed by atoms with Gasteiger partial charge in [0.25, 0.3) is 0 Å². The summed E-state index contributed by atoms with van der Waals surface area (Å²) < 4.78 is 31.9. The molecule has 20 heavy (non-hydrogen) atoms. The van der Waals surface area contributed by atoms with Crippen LogP contribution >= 0.6 is 0 Å². The van der Waals surface area contributed by atoms with Gasteiger partial charge in [0.1, 0.15) is 0 Å². The lowest BCUT2D eigenvalue weighted by atomic mass is 10.2. The molecule has 0 aliphatic heterocycles. The average Bonchev–Trinajstić information content (AvgIpc) is 2.42. The van der Waals surface area contributed by atoms with E-state index in [1.54, 1.807) is 12.1 Å². The maximum Gasteiger partial charge on any atom is 0.240 e. The number of unbranched alkanes of at least 4 members (excludes halogenated alkanes) is 1. The summed E-state index contributed by atoms with van der Waals surface area (Å²) in [6.45, 7) is 4.89. The van der Waals surface area contributed by atoms with Gasteiger partial charge in [-0.15, -0.1) is 0 Å². The third-order valence-electron chi connectivity index (χ3n) is 2.73. The van der Waals surface area contributed by atoms with Crippen molar-refractivity contribution in [1.82, 2.24) is 4.72 Å². The highest BCUT2D eigenvalue weighted by atomic mass is 32.2. The van der Waals surface area contributed by atoms with Gasteiger partial charge in [0.2, 0.25) is 10.0 Å². The molecular formula is C14H23NO4S. The van der Waals surface area contributed by atoms with Crippen LogP contribution in [0, 0.1) is 0 Å². The zero-order valence-electron chi connectivity index (χ0n) is 12.0. The van der Waals surface area contributed by atoms with Crippen LogP contribution in [0.2, 0.25) is 0 Å². The summed E-state index contributed by atoms with van der Waals surface area (Å²) >= 11 is 0. The van der Waals surface area contributed by atoms with Crippen LogP contribution in [-0.4, -0.2) is 32.8 Å². The van der Waals surface area contributed by atoms with Gasteiger partial charge in [-0.1, -0.05) is 12.1 Å². The monoisotopic (exact) mass is 301 g/mol.